The van der Waals surface area contributed by atoms with Gasteiger partial charge >= 0.3 is 0 Å². The molecule has 4 heterocycles. The maximum Gasteiger partial charge on any atom is 0.255 e. The van der Waals surface area contributed by atoms with Crippen LogP contribution in [0.15, 0.2) is 79.5 Å². The maximum atomic E-state index is 12.2. The van der Waals surface area contributed by atoms with Crippen LogP contribution in [0.2, 0.25) is 0 Å². The molecule has 1 aromatic carbocycles. The van der Waals surface area contributed by atoms with Gasteiger partial charge in [0.1, 0.15) is 5.65 Å². The van der Waals surface area contributed by atoms with E-state index in [0.29, 0.717) is 5.56 Å². The number of aromatic amines is 1. The van der Waals surface area contributed by atoms with Gasteiger partial charge in [0.2, 0.25) is 0 Å². The van der Waals surface area contributed by atoms with Gasteiger partial charge in [-0.3, -0.25) is 9.78 Å². The minimum atomic E-state index is -1.27. The van der Waals surface area contributed by atoms with Crippen LogP contribution < -0.4 is 0 Å². The lowest BCUT2D eigenvalue weighted by molar-refractivity contribution is -0.137. The quantitative estimate of drug-likeness (QED) is 0.437. The number of hydrogen-bond donors (Lipinski definition) is 2. The number of rotatable bonds is 5. The molecular weight excluding hydrogens is 416 g/mol. The summed E-state index contributed by atoms with van der Waals surface area (Å²) in [7, 11) is 3.21. The highest BCUT2D eigenvalue weighted by atomic mass is 16.3. The van der Waals surface area contributed by atoms with Crippen LogP contribution in [0.4, 0.5) is 0 Å². The fourth-order valence-corrected chi connectivity index (χ4v) is 3.72. The highest BCUT2D eigenvalue weighted by molar-refractivity contribution is 5.95. The average Bonchev–Trinajstić information content (AvgIpc) is 3.50. The van der Waals surface area contributed by atoms with E-state index in [0.717, 1.165) is 39.1 Å². The smallest absolute Gasteiger partial charge is 0.255 e. The average molecular weight is 438 g/mol. The van der Waals surface area contributed by atoms with Gasteiger partial charge in [-0.1, -0.05) is 18.2 Å². The molecule has 1 unspecified atom stereocenters. The molecule has 8 heteroatoms. The summed E-state index contributed by atoms with van der Waals surface area (Å²) in [5.41, 5.74) is 5.50. The molecule has 0 saturated carbocycles. The Hall–Kier alpha value is -4.30. The van der Waals surface area contributed by atoms with Crippen molar-refractivity contribution in [3.63, 3.8) is 0 Å². The van der Waals surface area contributed by atoms with E-state index in [4.69, 9.17) is 5.10 Å². The van der Waals surface area contributed by atoms with E-state index < -0.39 is 12.0 Å². The summed E-state index contributed by atoms with van der Waals surface area (Å²) >= 11 is 0. The van der Waals surface area contributed by atoms with Gasteiger partial charge in [0.15, 0.2) is 6.10 Å². The van der Waals surface area contributed by atoms with Crippen molar-refractivity contribution in [3.8, 4) is 28.1 Å². The van der Waals surface area contributed by atoms with Crippen LogP contribution in [0.1, 0.15) is 11.7 Å². The van der Waals surface area contributed by atoms with Crippen LogP contribution in [0.5, 0.6) is 0 Å². The highest BCUT2D eigenvalue weighted by Crippen LogP contribution is 2.31. The molecule has 0 radical (unpaired) electrons. The van der Waals surface area contributed by atoms with E-state index in [9.17, 15) is 9.90 Å². The SMILES string of the molecule is CN(C)C(=O)C(O)c1cncc(-c2cnc3[nH]cc(-c4ccn(-c5ccccc5)n4)c3c2)c1. The van der Waals surface area contributed by atoms with Crippen LogP contribution in [0, 0.1) is 0 Å². The first-order chi connectivity index (χ1) is 16.0. The summed E-state index contributed by atoms with van der Waals surface area (Å²) in [6.07, 6.45) is 7.49. The van der Waals surface area contributed by atoms with E-state index in [-0.39, 0.29) is 0 Å². The first-order valence-electron chi connectivity index (χ1n) is 10.4. The number of aromatic nitrogens is 5. The molecule has 2 N–H and O–H groups in total. The number of nitrogens with zero attached hydrogens (tertiary/aromatic N) is 5. The lowest BCUT2D eigenvalue weighted by Gasteiger charge is -2.16. The summed E-state index contributed by atoms with van der Waals surface area (Å²) in [6.45, 7) is 0. The molecule has 0 aliphatic carbocycles. The molecule has 0 bridgehead atoms. The van der Waals surface area contributed by atoms with Gasteiger partial charge in [-0.15, -0.1) is 0 Å². The minimum absolute atomic E-state index is 0.399. The topological polar surface area (TPSA) is 99.9 Å². The summed E-state index contributed by atoms with van der Waals surface area (Å²) in [5, 5.41) is 16.0. The molecule has 0 aliphatic rings. The third-order valence-corrected chi connectivity index (χ3v) is 5.50. The Labute approximate surface area is 190 Å². The van der Waals surface area contributed by atoms with Crippen molar-refractivity contribution in [2.24, 2.45) is 0 Å². The first kappa shape index (κ1) is 20.6. The maximum absolute atomic E-state index is 12.2. The Bertz CT molecular complexity index is 1440. The summed E-state index contributed by atoms with van der Waals surface area (Å²) in [5.74, 6) is -0.399. The highest BCUT2D eigenvalue weighted by Gasteiger charge is 2.20. The second-order valence-electron chi connectivity index (χ2n) is 7.95. The van der Waals surface area contributed by atoms with Gasteiger partial charge in [-0.05, 0) is 30.3 Å². The standard InChI is InChI=1S/C25H22N6O2/c1-30(2)25(33)23(32)18-10-16(12-26-13-18)17-11-20-21(15-28-24(20)27-14-17)22-8-9-31(29-22)19-6-4-3-5-7-19/h3-15,23,32H,1-2H3,(H,27,28). The van der Waals surface area contributed by atoms with Crippen LogP contribution in [-0.2, 0) is 4.79 Å². The number of carbonyl (C=O) groups is 1. The normalized spacial score (nSPS) is 12.1. The Morgan fingerprint density at radius 3 is 2.64 bits per heavy atom. The first-order valence-corrected chi connectivity index (χ1v) is 10.4. The number of likely N-dealkylation sites (N-methyl/N-ethyl adjacent to an activating group) is 1. The van der Waals surface area contributed by atoms with Gasteiger partial charge in [-0.25, -0.2) is 9.67 Å². The monoisotopic (exact) mass is 438 g/mol. The zero-order valence-electron chi connectivity index (χ0n) is 18.2. The fraction of sp³-hybridized carbons (Fsp3) is 0.120. The van der Waals surface area contributed by atoms with Crippen molar-refractivity contribution in [2.75, 3.05) is 14.1 Å². The number of hydrogen-bond acceptors (Lipinski definition) is 5. The fourth-order valence-electron chi connectivity index (χ4n) is 3.72. The number of para-hydroxylation sites is 1. The number of aliphatic hydroxyl groups is 1. The number of fused-ring (bicyclic) bond motifs is 1. The molecule has 5 rings (SSSR count). The number of aliphatic hydroxyl groups excluding tert-OH is 1. The van der Waals surface area contributed by atoms with Gasteiger partial charge in [0, 0.05) is 72.7 Å². The van der Waals surface area contributed by atoms with Gasteiger partial charge in [-0.2, -0.15) is 5.10 Å². The van der Waals surface area contributed by atoms with Crippen molar-refractivity contribution in [3.05, 3.63) is 85.1 Å². The van der Waals surface area contributed by atoms with E-state index in [1.54, 1.807) is 32.6 Å². The molecular formula is C25H22N6O2. The second kappa shape index (κ2) is 8.33. The number of nitrogens with one attached hydrogen (secondary N) is 1. The molecule has 0 spiro atoms. The Morgan fingerprint density at radius 1 is 1.06 bits per heavy atom. The minimum Gasteiger partial charge on any atom is -0.378 e. The van der Waals surface area contributed by atoms with E-state index in [2.05, 4.69) is 15.0 Å². The predicted molar refractivity (Wildman–Crippen MR) is 126 cm³/mol. The molecule has 5 aromatic rings. The molecule has 33 heavy (non-hydrogen) atoms. The van der Waals surface area contributed by atoms with Gasteiger partial charge in [0.25, 0.3) is 5.91 Å². The molecule has 4 aromatic heterocycles. The van der Waals surface area contributed by atoms with Crippen LogP contribution in [0.25, 0.3) is 39.1 Å². The Morgan fingerprint density at radius 2 is 1.85 bits per heavy atom. The second-order valence-corrected chi connectivity index (χ2v) is 7.95. The molecule has 164 valence electrons. The van der Waals surface area contributed by atoms with Gasteiger partial charge in [0.05, 0.1) is 11.4 Å². The Kier molecular flexibility index (Phi) is 5.20. The molecule has 0 aliphatic heterocycles. The predicted octanol–water partition coefficient (Wildman–Crippen LogP) is 3.60. The van der Waals surface area contributed by atoms with E-state index >= 15 is 0 Å². The molecule has 0 fully saturated rings. The van der Waals surface area contributed by atoms with Crippen LogP contribution in [0.3, 0.4) is 0 Å². The molecule has 8 nitrogen and oxygen atoms in total. The lowest BCUT2D eigenvalue weighted by Crippen LogP contribution is -2.28. The molecule has 1 atom stereocenters. The third kappa shape index (κ3) is 3.88. The number of amides is 1. The van der Waals surface area contributed by atoms with E-state index in [1.165, 1.54) is 11.1 Å². The van der Waals surface area contributed by atoms with Crippen LogP contribution in [-0.4, -0.2) is 54.7 Å². The lowest BCUT2D eigenvalue weighted by atomic mass is 10.0. The molecule has 0 saturated heterocycles. The summed E-state index contributed by atoms with van der Waals surface area (Å²) in [6, 6.07) is 15.7. The summed E-state index contributed by atoms with van der Waals surface area (Å²) in [4.78, 5) is 25.5. The van der Waals surface area contributed by atoms with Gasteiger partial charge < -0.3 is 15.0 Å². The largest absolute Gasteiger partial charge is 0.378 e. The third-order valence-electron chi connectivity index (χ3n) is 5.50. The number of pyridine rings is 2. The molecule has 1 amide bonds. The zero-order chi connectivity index (χ0) is 22.9. The van der Waals surface area contributed by atoms with Crippen molar-refractivity contribution in [2.45, 2.75) is 6.10 Å². The number of carbonyl (C=O) groups excluding carboxylic acids is 1. The van der Waals surface area contributed by atoms with Crippen LogP contribution >= 0.6 is 0 Å². The zero-order valence-corrected chi connectivity index (χ0v) is 18.2. The van der Waals surface area contributed by atoms with Crippen molar-refractivity contribution in [1.82, 2.24) is 29.6 Å². The van der Waals surface area contributed by atoms with Crippen molar-refractivity contribution in [1.29, 1.82) is 0 Å². The number of benzene rings is 1. The summed E-state index contributed by atoms with van der Waals surface area (Å²) < 4.78 is 1.84. The Balaban J connectivity index is 1.52. The van der Waals surface area contributed by atoms with Crippen molar-refractivity contribution >= 4 is 16.9 Å². The van der Waals surface area contributed by atoms with E-state index in [1.807, 2.05) is 59.5 Å². The van der Waals surface area contributed by atoms with Crippen molar-refractivity contribution < 1.29 is 9.90 Å². The number of H-pyrrole nitrogens is 1.